The van der Waals surface area contributed by atoms with E-state index in [0.717, 1.165) is 37.6 Å². The number of ether oxygens (including phenoxy) is 1. The lowest BCUT2D eigenvalue weighted by Crippen LogP contribution is -2.29. The Morgan fingerprint density at radius 1 is 1.29 bits per heavy atom. The summed E-state index contributed by atoms with van der Waals surface area (Å²) in [6.07, 6.45) is 6.84. The molecule has 0 heterocycles. The Hall–Kier alpha value is -0.0800. The smallest absolute Gasteiger partial charge is 0.0494 e. The molecule has 2 nitrogen and oxygen atoms in total. The summed E-state index contributed by atoms with van der Waals surface area (Å²) in [6, 6.07) is 0.735. The van der Waals surface area contributed by atoms with Gasteiger partial charge in [-0.2, -0.15) is 0 Å². The second-order valence-electron chi connectivity index (χ2n) is 4.95. The van der Waals surface area contributed by atoms with E-state index in [1.165, 1.54) is 32.1 Å². The quantitative estimate of drug-likeness (QED) is 0.602. The lowest BCUT2D eigenvalue weighted by molar-refractivity contribution is 0.121. The van der Waals surface area contributed by atoms with Crippen molar-refractivity contribution in [2.45, 2.75) is 45.1 Å². The van der Waals surface area contributed by atoms with Gasteiger partial charge in [0.05, 0.1) is 0 Å². The van der Waals surface area contributed by atoms with Gasteiger partial charge in [-0.15, -0.1) is 0 Å². The van der Waals surface area contributed by atoms with Gasteiger partial charge in [0.2, 0.25) is 0 Å². The van der Waals surface area contributed by atoms with Crippen LogP contribution in [0.4, 0.5) is 0 Å². The van der Waals surface area contributed by atoms with Crippen molar-refractivity contribution in [1.29, 1.82) is 0 Å². The fourth-order valence-corrected chi connectivity index (χ4v) is 1.80. The van der Waals surface area contributed by atoms with Gasteiger partial charge in [-0.25, -0.2) is 0 Å². The molecule has 1 N–H and O–H groups in total. The molecular weight excluding hydrogens is 174 g/mol. The Bertz CT molecular complexity index is 164. The second-order valence-corrected chi connectivity index (χ2v) is 4.95. The predicted octanol–water partition coefficient (Wildman–Crippen LogP) is 2.19. The topological polar surface area (TPSA) is 21.3 Å². The first-order valence-electron chi connectivity index (χ1n) is 6.17. The maximum Gasteiger partial charge on any atom is 0.0494 e. The zero-order valence-corrected chi connectivity index (χ0v) is 9.30. The fraction of sp³-hybridized carbons (Fsp3) is 1.00. The molecule has 0 spiro atoms. The Morgan fingerprint density at radius 3 is 2.71 bits per heavy atom. The van der Waals surface area contributed by atoms with Gasteiger partial charge >= 0.3 is 0 Å². The standard InChI is InChI=1S/C12H23NO/c1-10(12-5-6-12)13-7-2-8-14-9-11-3-4-11/h10-13H,2-9H2,1H3. The van der Waals surface area contributed by atoms with E-state index in [0.29, 0.717) is 0 Å². The van der Waals surface area contributed by atoms with Gasteiger partial charge in [0.1, 0.15) is 0 Å². The van der Waals surface area contributed by atoms with Crippen LogP contribution < -0.4 is 5.32 Å². The van der Waals surface area contributed by atoms with Crippen LogP contribution in [0.1, 0.15) is 39.0 Å². The van der Waals surface area contributed by atoms with Crippen LogP contribution in [0.5, 0.6) is 0 Å². The van der Waals surface area contributed by atoms with Crippen molar-refractivity contribution < 1.29 is 4.74 Å². The Balaban J connectivity index is 1.35. The Kier molecular flexibility index (Phi) is 3.82. The van der Waals surface area contributed by atoms with Crippen molar-refractivity contribution >= 4 is 0 Å². The molecule has 0 aromatic carbocycles. The van der Waals surface area contributed by atoms with E-state index in [-0.39, 0.29) is 0 Å². The van der Waals surface area contributed by atoms with Gasteiger partial charge in [0.25, 0.3) is 0 Å². The first-order valence-corrected chi connectivity index (χ1v) is 6.17. The van der Waals surface area contributed by atoms with Crippen molar-refractivity contribution in [3.8, 4) is 0 Å². The van der Waals surface area contributed by atoms with Crippen LogP contribution in [0.2, 0.25) is 0 Å². The monoisotopic (exact) mass is 197 g/mol. The summed E-state index contributed by atoms with van der Waals surface area (Å²) in [7, 11) is 0. The molecule has 0 amide bonds. The molecule has 0 radical (unpaired) electrons. The van der Waals surface area contributed by atoms with Crippen molar-refractivity contribution in [2.75, 3.05) is 19.8 Å². The zero-order valence-electron chi connectivity index (χ0n) is 9.30. The van der Waals surface area contributed by atoms with E-state index in [4.69, 9.17) is 4.74 Å². The average molecular weight is 197 g/mol. The summed E-state index contributed by atoms with van der Waals surface area (Å²) in [5.41, 5.74) is 0. The molecule has 2 fully saturated rings. The van der Waals surface area contributed by atoms with E-state index >= 15 is 0 Å². The van der Waals surface area contributed by atoms with Gasteiger partial charge in [-0.3, -0.25) is 0 Å². The summed E-state index contributed by atoms with van der Waals surface area (Å²) in [4.78, 5) is 0. The minimum absolute atomic E-state index is 0.735. The third-order valence-corrected chi connectivity index (χ3v) is 3.31. The van der Waals surface area contributed by atoms with Crippen LogP contribution in [0.15, 0.2) is 0 Å². The molecule has 2 saturated carbocycles. The average Bonchev–Trinajstić information content (AvgIpc) is 3.04. The van der Waals surface area contributed by atoms with Crippen LogP contribution in [0.25, 0.3) is 0 Å². The highest BCUT2D eigenvalue weighted by Crippen LogP contribution is 2.32. The largest absolute Gasteiger partial charge is 0.381 e. The molecule has 0 aromatic heterocycles. The predicted molar refractivity (Wildman–Crippen MR) is 58.3 cm³/mol. The molecule has 0 aromatic rings. The summed E-state index contributed by atoms with van der Waals surface area (Å²) >= 11 is 0. The molecule has 14 heavy (non-hydrogen) atoms. The van der Waals surface area contributed by atoms with Gasteiger partial charge < -0.3 is 10.1 Å². The molecule has 1 atom stereocenters. The lowest BCUT2D eigenvalue weighted by atomic mass is 10.2. The molecule has 2 aliphatic rings. The van der Waals surface area contributed by atoms with Crippen molar-refractivity contribution in [3.63, 3.8) is 0 Å². The minimum Gasteiger partial charge on any atom is -0.381 e. The molecule has 0 bridgehead atoms. The van der Waals surface area contributed by atoms with Crippen LogP contribution in [0.3, 0.4) is 0 Å². The lowest BCUT2D eigenvalue weighted by Gasteiger charge is -2.12. The van der Waals surface area contributed by atoms with E-state index in [9.17, 15) is 0 Å². The molecule has 82 valence electrons. The first-order chi connectivity index (χ1) is 6.86. The maximum absolute atomic E-state index is 5.58. The molecule has 0 aliphatic heterocycles. The molecule has 2 aliphatic carbocycles. The third-order valence-electron chi connectivity index (χ3n) is 3.31. The van der Waals surface area contributed by atoms with E-state index in [1.807, 2.05) is 0 Å². The highest BCUT2D eigenvalue weighted by molar-refractivity contribution is 4.82. The third kappa shape index (κ3) is 3.97. The summed E-state index contributed by atoms with van der Waals surface area (Å²) in [5.74, 6) is 1.88. The first kappa shape index (κ1) is 10.4. The molecule has 2 rings (SSSR count). The van der Waals surface area contributed by atoms with Gasteiger partial charge in [-0.05, 0) is 57.4 Å². The van der Waals surface area contributed by atoms with E-state index < -0.39 is 0 Å². The Morgan fingerprint density at radius 2 is 2.07 bits per heavy atom. The normalized spacial score (nSPS) is 23.8. The molecule has 0 saturated heterocycles. The molecule has 1 unspecified atom stereocenters. The van der Waals surface area contributed by atoms with Crippen molar-refractivity contribution in [1.82, 2.24) is 5.32 Å². The van der Waals surface area contributed by atoms with Crippen LogP contribution >= 0.6 is 0 Å². The van der Waals surface area contributed by atoms with Crippen molar-refractivity contribution in [2.24, 2.45) is 11.8 Å². The van der Waals surface area contributed by atoms with Gasteiger partial charge in [0, 0.05) is 19.3 Å². The number of rotatable bonds is 8. The summed E-state index contributed by atoms with van der Waals surface area (Å²) in [6.45, 7) is 5.39. The zero-order chi connectivity index (χ0) is 9.80. The van der Waals surface area contributed by atoms with E-state index in [2.05, 4.69) is 12.2 Å². The van der Waals surface area contributed by atoms with Crippen LogP contribution in [-0.4, -0.2) is 25.8 Å². The fourth-order valence-electron chi connectivity index (χ4n) is 1.80. The number of hydrogen-bond acceptors (Lipinski definition) is 2. The maximum atomic E-state index is 5.58. The van der Waals surface area contributed by atoms with Gasteiger partial charge in [0.15, 0.2) is 0 Å². The highest BCUT2D eigenvalue weighted by Gasteiger charge is 2.27. The van der Waals surface area contributed by atoms with Crippen molar-refractivity contribution in [3.05, 3.63) is 0 Å². The number of hydrogen-bond donors (Lipinski definition) is 1. The van der Waals surface area contributed by atoms with Crippen LogP contribution in [-0.2, 0) is 4.74 Å². The summed E-state index contributed by atoms with van der Waals surface area (Å²) in [5, 5.41) is 3.57. The SMILES string of the molecule is CC(NCCCOCC1CC1)C1CC1. The summed E-state index contributed by atoms with van der Waals surface area (Å²) < 4.78 is 5.58. The highest BCUT2D eigenvalue weighted by atomic mass is 16.5. The molecule has 2 heteroatoms. The Labute approximate surface area is 87.4 Å². The number of nitrogens with one attached hydrogen (secondary N) is 1. The van der Waals surface area contributed by atoms with E-state index in [1.54, 1.807) is 0 Å². The van der Waals surface area contributed by atoms with Crippen LogP contribution in [0, 0.1) is 11.8 Å². The molecular formula is C12H23NO. The minimum atomic E-state index is 0.735. The second kappa shape index (κ2) is 5.13. The van der Waals surface area contributed by atoms with Gasteiger partial charge in [-0.1, -0.05) is 0 Å².